The van der Waals surface area contributed by atoms with Crippen molar-refractivity contribution >= 4 is 69.1 Å². The second-order valence-electron chi connectivity index (χ2n) is 7.57. The molecule has 3 rings (SSSR count). The lowest BCUT2D eigenvalue weighted by atomic mass is 10.0. The molecule has 0 bridgehead atoms. The van der Waals surface area contributed by atoms with Gasteiger partial charge in [-0.15, -0.1) is 0 Å². The van der Waals surface area contributed by atoms with Gasteiger partial charge in [0.05, 0.1) is 0 Å². The van der Waals surface area contributed by atoms with Crippen LogP contribution in [0.4, 0.5) is 0 Å². The average Bonchev–Trinajstić information content (AvgIpc) is 2.66. The van der Waals surface area contributed by atoms with Gasteiger partial charge in [-0.25, -0.2) is 4.79 Å². The van der Waals surface area contributed by atoms with Crippen LogP contribution in [0.1, 0.15) is 10.4 Å². The fraction of sp³-hybridized carbons (Fsp3) is 0.389. The van der Waals surface area contributed by atoms with Gasteiger partial charge in [-0.3, -0.25) is 14.5 Å². The van der Waals surface area contributed by atoms with Crippen molar-refractivity contribution in [2.75, 3.05) is 5.33 Å². The first kappa shape index (κ1) is 22.5. The highest BCUT2D eigenvalue weighted by atomic mass is 79.9. The molecule has 11 heteroatoms. The van der Waals surface area contributed by atoms with Crippen molar-refractivity contribution in [2.45, 2.75) is 35.2 Å². The van der Waals surface area contributed by atoms with Gasteiger partial charge in [0, 0.05) is 16.5 Å². The van der Waals surface area contributed by atoms with Gasteiger partial charge < -0.3 is 14.3 Å². The molecule has 29 heavy (non-hydrogen) atoms. The van der Waals surface area contributed by atoms with E-state index in [4.69, 9.17) is 4.43 Å². The molecule has 2 heterocycles. The van der Waals surface area contributed by atoms with E-state index < -0.39 is 52.9 Å². The first-order valence-electron chi connectivity index (χ1n) is 8.81. The van der Waals surface area contributed by atoms with E-state index in [1.807, 2.05) is 19.6 Å². The maximum atomic E-state index is 13.0. The number of hydrogen-bond donors (Lipinski definition) is 1. The lowest BCUT2D eigenvalue weighted by Gasteiger charge is -2.50. The molecule has 1 fully saturated rings. The first-order chi connectivity index (χ1) is 13.6. The molecule has 1 aromatic rings. The summed E-state index contributed by atoms with van der Waals surface area (Å²) in [4.78, 5) is 39.4. The molecule has 156 valence electrons. The molecule has 1 saturated heterocycles. The highest BCUT2D eigenvalue weighted by Gasteiger charge is 2.63. The van der Waals surface area contributed by atoms with E-state index in [1.54, 1.807) is 30.3 Å². The summed E-state index contributed by atoms with van der Waals surface area (Å²) in [5, 5.41) is 2.06. The van der Waals surface area contributed by atoms with Crippen LogP contribution in [-0.2, 0) is 25.2 Å². The number of rotatable bonds is 5. The molecule has 0 spiro atoms. The second kappa shape index (κ2) is 8.54. The molecule has 7 nitrogen and oxygen atoms in total. The highest BCUT2D eigenvalue weighted by molar-refractivity contribution is 9.11. The number of amides is 2. The summed E-state index contributed by atoms with van der Waals surface area (Å²) in [5.74, 6) is -1.52. The van der Waals surface area contributed by atoms with Crippen molar-refractivity contribution in [2.24, 2.45) is 0 Å². The molecule has 0 saturated carbocycles. The summed E-state index contributed by atoms with van der Waals surface area (Å²) >= 11 is 5.15. The Balaban J connectivity index is 1.90. The predicted octanol–water partition coefficient (Wildman–Crippen LogP) is 2.46. The Morgan fingerprint density at radius 3 is 2.45 bits per heavy atom. The van der Waals surface area contributed by atoms with Crippen molar-refractivity contribution in [1.82, 2.24) is 10.2 Å². The van der Waals surface area contributed by atoms with Crippen molar-refractivity contribution in [3.8, 4) is 0 Å². The minimum absolute atomic E-state index is 0.103. The lowest BCUT2D eigenvalue weighted by molar-refractivity contribution is -0.148. The molecular formula is C18H20Br2N2O5SSi. The summed E-state index contributed by atoms with van der Waals surface area (Å²) in [6.07, 6.45) is 0. The summed E-state index contributed by atoms with van der Waals surface area (Å²) in [6.45, 7) is 5.60. The van der Waals surface area contributed by atoms with E-state index in [0.29, 0.717) is 11.1 Å². The normalized spacial score (nSPS) is 26.6. The number of fused-ring (bicyclic) bond motifs is 1. The summed E-state index contributed by atoms with van der Waals surface area (Å²) < 4.78 is 18.0. The lowest BCUT2D eigenvalue weighted by Crippen LogP contribution is -2.75. The average molecular weight is 564 g/mol. The topological polar surface area (TPSA) is 98.8 Å². The molecule has 0 aromatic heterocycles. The van der Waals surface area contributed by atoms with Gasteiger partial charge in [-0.2, -0.15) is 0 Å². The van der Waals surface area contributed by atoms with Gasteiger partial charge in [0.2, 0.25) is 13.7 Å². The van der Waals surface area contributed by atoms with E-state index in [9.17, 15) is 18.9 Å². The van der Waals surface area contributed by atoms with Gasteiger partial charge in [0.1, 0.15) is 5.70 Å². The smallest absolute Gasteiger partial charge is 0.342 e. The third-order valence-corrected chi connectivity index (χ3v) is 9.07. The fourth-order valence-electron chi connectivity index (χ4n) is 3.09. The largest absolute Gasteiger partial charge is 0.614 e. The standard InChI is InChI=1S/C18H20Br2N2O5SSi/c1-29(2,3)27-18(25)13-11(9-19)14(20)28(26)17-12(16(24)22(13)17)21-15(23)10-7-5-4-6-8-10/h4-8,12,14,17H,9H2,1-3H3,(H,21,23)/t12?,14?,17-,28?/m1/s1. The maximum absolute atomic E-state index is 13.0. The molecule has 3 unspecified atom stereocenters. The van der Waals surface area contributed by atoms with Gasteiger partial charge in [0.15, 0.2) is 10.2 Å². The number of carbonyl (C=O) groups is 3. The highest BCUT2D eigenvalue weighted by Crippen LogP contribution is 2.43. The zero-order valence-electron chi connectivity index (χ0n) is 16.0. The molecule has 2 amide bonds. The number of hydrogen-bond acceptors (Lipinski definition) is 5. The van der Waals surface area contributed by atoms with Gasteiger partial charge >= 0.3 is 5.97 Å². The van der Waals surface area contributed by atoms with Crippen LogP contribution in [-0.4, -0.2) is 56.5 Å². The Morgan fingerprint density at radius 2 is 1.90 bits per heavy atom. The van der Waals surface area contributed by atoms with Crippen LogP contribution >= 0.6 is 31.9 Å². The monoisotopic (exact) mass is 562 g/mol. The number of halogens is 2. The number of carbonyl (C=O) groups excluding carboxylic acids is 3. The van der Waals surface area contributed by atoms with E-state index in [-0.39, 0.29) is 11.0 Å². The Bertz CT molecular complexity index is 877. The van der Waals surface area contributed by atoms with Gasteiger partial charge in [0.25, 0.3) is 11.8 Å². The number of nitrogens with zero attached hydrogens (tertiary/aromatic N) is 1. The summed E-state index contributed by atoms with van der Waals surface area (Å²) in [7, 11) is -2.22. The third-order valence-electron chi connectivity index (χ3n) is 4.36. The minimum atomic E-state index is -2.22. The Kier molecular flexibility index (Phi) is 6.64. The van der Waals surface area contributed by atoms with Crippen molar-refractivity contribution < 1.29 is 23.4 Å². The molecule has 2 aliphatic rings. The van der Waals surface area contributed by atoms with Crippen molar-refractivity contribution in [1.29, 1.82) is 0 Å². The molecule has 2 aliphatic heterocycles. The van der Waals surface area contributed by atoms with Gasteiger partial charge in [-0.1, -0.05) is 34.1 Å². The Labute approximate surface area is 189 Å². The third kappa shape index (κ3) is 4.34. The molecule has 1 aromatic carbocycles. The first-order valence-corrected chi connectivity index (χ1v) is 15.5. The van der Waals surface area contributed by atoms with Crippen LogP contribution in [0, 0.1) is 0 Å². The second-order valence-corrected chi connectivity index (χ2v) is 15.7. The quantitative estimate of drug-likeness (QED) is 0.257. The Hall–Kier alpha value is -1.14. The van der Waals surface area contributed by atoms with Crippen LogP contribution < -0.4 is 5.32 Å². The van der Waals surface area contributed by atoms with E-state index in [0.717, 1.165) is 0 Å². The number of benzene rings is 1. The molecule has 4 atom stereocenters. The SMILES string of the molecule is C[Si](C)(C)OC(=O)C1=C(CBr)C(Br)[S+]([O-])[C@@H]2C(NC(=O)c3ccccc3)C(=O)N12. The van der Waals surface area contributed by atoms with Gasteiger partial charge in [-0.05, 0) is 58.9 Å². The van der Waals surface area contributed by atoms with Crippen LogP contribution in [0.15, 0.2) is 41.6 Å². The minimum Gasteiger partial charge on any atom is -0.614 e. The Morgan fingerprint density at radius 1 is 1.28 bits per heavy atom. The molecular weight excluding hydrogens is 544 g/mol. The van der Waals surface area contributed by atoms with E-state index >= 15 is 0 Å². The van der Waals surface area contributed by atoms with Crippen LogP contribution in [0.5, 0.6) is 0 Å². The molecule has 0 radical (unpaired) electrons. The summed E-state index contributed by atoms with van der Waals surface area (Å²) in [5.41, 5.74) is 0.987. The zero-order valence-corrected chi connectivity index (χ0v) is 21.0. The number of nitrogens with one attached hydrogen (secondary N) is 1. The van der Waals surface area contributed by atoms with E-state index in [1.165, 1.54) is 4.90 Å². The number of β-lactam (4-membered cyclic amide) rings is 1. The predicted molar refractivity (Wildman–Crippen MR) is 119 cm³/mol. The fourth-order valence-corrected chi connectivity index (χ4v) is 7.61. The molecule has 0 aliphatic carbocycles. The maximum Gasteiger partial charge on any atom is 0.342 e. The van der Waals surface area contributed by atoms with Crippen LogP contribution in [0.2, 0.25) is 19.6 Å². The zero-order chi connectivity index (χ0) is 21.5. The molecule has 1 N–H and O–H groups in total. The number of alkyl halides is 2. The van der Waals surface area contributed by atoms with Crippen molar-refractivity contribution in [3.05, 3.63) is 47.2 Å². The van der Waals surface area contributed by atoms with Crippen LogP contribution in [0.3, 0.4) is 0 Å². The van der Waals surface area contributed by atoms with Crippen molar-refractivity contribution in [3.63, 3.8) is 0 Å². The van der Waals surface area contributed by atoms with E-state index in [2.05, 4.69) is 37.2 Å². The van der Waals surface area contributed by atoms with Crippen LogP contribution in [0.25, 0.3) is 0 Å². The summed E-state index contributed by atoms with van der Waals surface area (Å²) in [6, 6.07) is 7.48.